The standard InChI is InChI=1S/C13H15Cl2NO3/c1-16(12(17)3-2-4-13(18)19)8-9-5-6-10(14)7-11(9)15/h5-7H,2-4,8H2,1H3,(H,18,19). The Balaban J connectivity index is 2.51. The van der Waals surface area contributed by atoms with Crippen LogP contribution in [0.2, 0.25) is 10.0 Å². The Morgan fingerprint density at radius 1 is 1.26 bits per heavy atom. The minimum Gasteiger partial charge on any atom is -0.481 e. The molecule has 1 amide bonds. The minimum atomic E-state index is -0.892. The summed E-state index contributed by atoms with van der Waals surface area (Å²) in [6.07, 6.45) is 0.558. The van der Waals surface area contributed by atoms with Crippen LogP contribution in [0.25, 0.3) is 0 Å². The molecule has 19 heavy (non-hydrogen) atoms. The normalized spacial score (nSPS) is 10.3. The van der Waals surface area contributed by atoms with Gasteiger partial charge in [0.05, 0.1) is 0 Å². The van der Waals surface area contributed by atoms with Crippen molar-refractivity contribution in [3.8, 4) is 0 Å². The van der Waals surface area contributed by atoms with E-state index in [4.69, 9.17) is 28.3 Å². The summed E-state index contributed by atoms with van der Waals surface area (Å²) in [6, 6.07) is 5.11. The number of benzene rings is 1. The average molecular weight is 304 g/mol. The Morgan fingerprint density at radius 3 is 2.53 bits per heavy atom. The second kappa shape index (κ2) is 7.36. The number of hydrogen-bond donors (Lipinski definition) is 1. The molecule has 0 aliphatic heterocycles. The number of nitrogens with zero attached hydrogens (tertiary/aromatic N) is 1. The van der Waals surface area contributed by atoms with Gasteiger partial charge >= 0.3 is 5.97 Å². The van der Waals surface area contributed by atoms with Crippen molar-refractivity contribution in [2.75, 3.05) is 7.05 Å². The maximum absolute atomic E-state index is 11.8. The fourth-order valence-electron chi connectivity index (χ4n) is 1.58. The van der Waals surface area contributed by atoms with Gasteiger partial charge in [0, 0.05) is 36.5 Å². The van der Waals surface area contributed by atoms with Gasteiger partial charge in [0.15, 0.2) is 0 Å². The van der Waals surface area contributed by atoms with Gasteiger partial charge in [-0.3, -0.25) is 9.59 Å². The Morgan fingerprint density at radius 2 is 1.95 bits per heavy atom. The van der Waals surface area contributed by atoms with Gasteiger partial charge in [0.1, 0.15) is 0 Å². The lowest BCUT2D eigenvalue weighted by Crippen LogP contribution is -2.26. The molecule has 0 aliphatic carbocycles. The first-order chi connectivity index (χ1) is 8.90. The van der Waals surface area contributed by atoms with Crippen LogP contribution in [0.4, 0.5) is 0 Å². The summed E-state index contributed by atoms with van der Waals surface area (Å²) in [6.45, 7) is 0.377. The van der Waals surface area contributed by atoms with Crippen LogP contribution in [-0.4, -0.2) is 28.9 Å². The minimum absolute atomic E-state index is 0.00127. The smallest absolute Gasteiger partial charge is 0.303 e. The van der Waals surface area contributed by atoms with Crippen molar-refractivity contribution < 1.29 is 14.7 Å². The van der Waals surface area contributed by atoms with Gasteiger partial charge < -0.3 is 10.0 Å². The zero-order chi connectivity index (χ0) is 14.4. The van der Waals surface area contributed by atoms with Crippen LogP contribution in [0.1, 0.15) is 24.8 Å². The van der Waals surface area contributed by atoms with Crippen molar-refractivity contribution in [1.29, 1.82) is 0 Å². The highest BCUT2D eigenvalue weighted by Gasteiger charge is 2.11. The molecule has 4 nitrogen and oxygen atoms in total. The third-order valence-electron chi connectivity index (χ3n) is 2.63. The molecule has 0 fully saturated rings. The molecular weight excluding hydrogens is 289 g/mol. The number of carbonyl (C=O) groups is 2. The number of carbonyl (C=O) groups excluding carboxylic acids is 1. The third kappa shape index (κ3) is 5.49. The summed E-state index contributed by atoms with van der Waals surface area (Å²) in [7, 11) is 1.66. The highest BCUT2D eigenvalue weighted by atomic mass is 35.5. The molecule has 0 bridgehead atoms. The van der Waals surface area contributed by atoms with Gasteiger partial charge in [-0.05, 0) is 24.1 Å². The SMILES string of the molecule is CN(Cc1ccc(Cl)cc1Cl)C(=O)CCCC(=O)O. The average Bonchev–Trinajstić information content (AvgIpc) is 2.32. The van der Waals surface area contributed by atoms with Gasteiger partial charge in [-0.15, -0.1) is 0 Å². The molecule has 0 unspecified atom stereocenters. The molecule has 1 rings (SSSR count). The second-order valence-electron chi connectivity index (χ2n) is 4.23. The molecule has 104 valence electrons. The molecule has 0 heterocycles. The molecule has 0 spiro atoms. The third-order valence-corrected chi connectivity index (χ3v) is 3.22. The Hall–Kier alpha value is -1.26. The van der Waals surface area contributed by atoms with E-state index in [2.05, 4.69) is 0 Å². The van der Waals surface area contributed by atoms with E-state index in [1.807, 2.05) is 0 Å². The number of halogens is 2. The van der Waals surface area contributed by atoms with E-state index in [1.165, 1.54) is 4.90 Å². The summed E-state index contributed by atoms with van der Waals surface area (Å²) in [5.41, 5.74) is 0.806. The lowest BCUT2D eigenvalue weighted by molar-refractivity contribution is -0.137. The summed E-state index contributed by atoms with van der Waals surface area (Å²) in [5.74, 6) is -0.997. The fourth-order valence-corrected chi connectivity index (χ4v) is 2.04. The maximum atomic E-state index is 11.8. The molecule has 0 aliphatic rings. The second-order valence-corrected chi connectivity index (χ2v) is 5.08. The zero-order valence-electron chi connectivity index (χ0n) is 10.5. The molecule has 1 N–H and O–H groups in total. The molecule has 1 aromatic rings. The first-order valence-corrected chi connectivity index (χ1v) is 6.55. The van der Waals surface area contributed by atoms with E-state index in [1.54, 1.807) is 25.2 Å². The number of hydrogen-bond acceptors (Lipinski definition) is 2. The van der Waals surface area contributed by atoms with E-state index in [0.717, 1.165) is 5.56 Å². The Bertz CT molecular complexity index is 477. The van der Waals surface area contributed by atoms with Crippen LogP contribution in [0, 0.1) is 0 Å². The van der Waals surface area contributed by atoms with E-state index < -0.39 is 5.97 Å². The van der Waals surface area contributed by atoms with Crippen LogP contribution in [-0.2, 0) is 16.1 Å². The van der Waals surface area contributed by atoms with Gasteiger partial charge in [0.25, 0.3) is 0 Å². The molecule has 1 aromatic carbocycles. The highest BCUT2D eigenvalue weighted by molar-refractivity contribution is 6.35. The molecule has 0 aromatic heterocycles. The lowest BCUT2D eigenvalue weighted by atomic mass is 10.2. The Labute approximate surface area is 121 Å². The number of rotatable bonds is 6. The first-order valence-electron chi connectivity index (χ1n) is 5.80. The molecule has 0 saturated carbocycles. The van der Waals surface area contributed by atoms with E-state index >= 15 is 0 Å². The van der Waals surface area contributed by atoms with Crippen molar-refractivity contribution in [2.24, 2.45) is 0 Å². The summed E-state index contributed by atoms with van der Waals surface area (Å²) in [4.78, 5) is 23.7. The zero-order valence-corrected chi connectivity index (χ0v) is 12.0. The number of carboxylic acid groups (broad SMARTS) is 1. The maximum Gasteiger partial charge on any atom is 0.303 e. The lowest BCUT2D eigenvalue weighted by Gasteiger charge is -2.18. The fraction of sp³-hybridized carbons (Fsp3) is 0.385. The monoisotopic (exact) mass is 303 g/mol. The van der Waals surface area contributed by atoms with Crippen LogP contribution >= 0.6 is 23.2 Å². The van der Waals surface area contributed by atoms with E-state index in [0.29, 0.717) is 23.0 Å². The van der Waals surface area contributed by atoms with Crippen molar-refractivity contribution >= 4 is 35.1 Å². The first kappa shape index (κ1) is 15.8. The van der Waals surface area contributed by atoms with Gasteiger partial charge in [-0.1, -0.05) is 29.3 Å². The van der Waals surface area contributed by atoms with Crippen molar-refractivity contribution in [3.05, 3.63) is 33.8 Å². The topological polar surface area (TPSA) is 57.6 Å². The van der Waals surface area contributed by atoms with Crippen molar-refractivity contribution in [2.45, 2.75) is 25.8 Å². The highest BCUT2D eigenvalue weighted by Crippen LogP contribution is 2.22. The van der Waals surface area contributed by atoms with Crippen LogP contribution in [0.15, 0.2) is 18.2 Å². The summed E-state index contributed by atoms with van der Waals surface area (Å²) >= 11 is 11.8. The quantitative estimate of drug-likeness (QED) is 0.878. The molecule has 6 heteroatoms. The largest absolute Gasteiger partial charge is 0.481 e. The van der Waals surface area contributed by atoms with Gasteiger partial charge in [0.2, 0.25) is 5.91 Å². The summed E-state index contributed by atoms with van der Waals surface area (Å²) < 4.78 is 0. The van der Waals surface area contributed by atoms with Crippen molar-refractivity contribution in [1.82, 2.24) is 4.90 Å². The molecule has 0 radical (unpaired) electrons. The predicted molar refractivity (Wildman–Crippen MR) is 74.4 cm³/mol. The molecule has 0 atom stereocenters. The van der Waals surface area contributed by atoms with E-state index in [-0.39, 0.29) is 18.7 Å². The predicted octanol–water partition coefficient (Wildman–Crippen LogP) is 3.21. The van der Waals surface area contributed by atoms with Crippen molar-refractivity contribution in [3.63, 3.8) is 0 Å². The van der Waals surface area contributed by atoms with Crippen LogP contribution in [0.3, 0.4) is 0 Å². The summed E-state index contributed by atoms with van der Waals surface area (Å²) in [5, 5.41) is 9.56. The molecule has 0 saturated heterocycles. The number of carboxylic acids is 1. The Kier molecular flexibility index (Phi) is 6.12. The molecular formula is C13H15Cl2NO3. The van der Waals surface area contributed by atoms with Gasteiger partial charge in [-0.25, -0.2) is 0 Å². The van der Waals surface area contributed by atoms with E-state index in [9.17, 15) is 9.59 Å². The van der Waals surface area contributed by atoms with Crippen LogP contribution in [0.5, 0.6) is 0 Å². The number of amides is 1. The number of aliphatic carboxylic acids is 1. The van der Waals surface area contributed by atoms with Gasteiger partial charge in [-0.2, -0.15) is 0 Å². The van der Waals surface area contributed by atoms with Crippen LogP contribution < -0.4 is 0 Å².